The molecule has 0 amide bonds. The van der Waals surface area contributed by atoms with Gasteiger partial charge in [-0.15, -0.1) is 0 Å². The van der Waals surface area contributed by atoms with Crippen LogP contribution in [0.3, 0.4) is 0 Å². The standard InChI is InChI=1S/C15H19F2NO5/c1-8-4-9(13(17)11(16)5-8)10(6-23-7-12(19)20)14(15(21)22)18(2)3/h4-5,10,14H,6-7H2,1-3H3,(H,19,20)(H,21,22). The Morgan fingerprint density at radius 3 is 2.35 bits per heavy atom. The zero-order valence-electron chi connectivity index (χ0n) is 13.0. The Labute approximate surface area is 132 Å². The first-order valence-electron chi connectivity index (χ1n) is 6.79. The Hall–Kier alpha value is -2.06. The van der Waals surface area contributed by atoms with E-state index in [9.17, 15) is 23.5 Å². The van der Waals surface area contributed by atoms with Gasteiger partial charge >= 0.3 is 11.9 Å². The van der Waals surface area contributed by atoms with Crippen molar-refractivity contribution in [1.29, 1.82) is 0 Å². The number of carboxylic acid groups (broad SMARTS) is 2. The summed E-state index contributed by atoms with van der Waals surface area (Å²) in [4.78, 5) is 23.4. The highest BCUT2D eigenvalue weighted by molar-refractivity contribution is 5.75. The van der Waals surface area contributed by atoms with Gasteiger partial charge in [-0.25, -0.2) is 13.6 Å². The molecule has 23 heavy (non-hydrogen) atoms. The molecule has 0 saturated heterocycles. The van der Waals surface area contributed by atoms with Crippen LogP contribution in [0.25, 0.3) is 0 Å². The van der Waals surface area contributed by atoms with E-state index in [1.165, 1.54) is 25.1 Å². The van der Waals surface area contributed by atoms with Gasteiger partial charge in [0.25, 0.3) is 0 Å². The quantitative estimate of drug-likeness (QED) is 0.750. The SMILES string of the molecule is Cc1cc(F)c(F)c(C(COCC(=O)O)C(C(=O)O)N(C)C)c1. The molecule has 0 aliphatic heterocycles. The van der Waals surface area contributed by atoms with E-state index in [0.717, 1.165) is 6.07 Å². The maximum absolute atomic E-state index is 14.1. The first-order chi connectivity index (χ1) is 10.6. The lowest BCUT2D eigenvalue weighted by molar-refractivity contribution is -0.145. The van der Waals surface area contributed by atoms with E-state index >= 15 is 0 Å². The molecule has 1 rings (SSSR count). The van der Waals surface area contributed by atoms with Crippen molar-refractivity contribution in [3.05, 3.63) is 34.9 Å². The average Bonchev–Trinajstić information content (AvgIpc) is 2.40. The van der Waals surface area contributed by atoms with E-state index in [1.54, 1.807) is 6.92 Å². The smallest absolute Gasteiger partial charge is 0.329 e. The summed E-state index contributed by atoms with van der Waals surface area (Å²) < 4.78 is 32.7. The normalized spacial score (nSPS) is 13.8. The molecule has 0 aliphatic carbocycles. The van der Waals surface area contributed by atoms with Crippen LogP contribution in [0.2, 0.25) is 0 Å². The Bertz CT molecular complexity index is 591. The lowest BCUT2D eigenvalue weighted by Crippen LogP contribution is -2.43. The molecular weight excluding hydrogens is 312 g/mol. The van der Waals surface area contributed by atoms with Crippen LogP contribution in [-0.2, 0) is 14.3 Å². The van der Waals surface area contributed by atoms with E-state index in [-0.39, 0.29) is 12.2 Å². The number of halogens is 2. The number of carboxylic acids is 2. The van der Waals surface area contributed by atoms with Crippen LogP contribution in [0, 0.1) is 18.6 Å². The van der Waals surface area contributed by atoms with Gasteiger partial charge < -0.3 is 14.9 Å². The summed E-state index contributed by atoms with van der Waals surface area (Å²) >= 11 is 0. The highest BCUT2D eigenvalue weighted by Crippen LogP contribution is 2.28. The van der Waals surface area contributed by atoms with Crippen molar-refractivity contribution in [3.63, 3.8) is 0 Å². The zero-order valence-corrected chi connectivity index (χ0v) is 13.0. The van der Waals surface area contributed by atoms with Gasteiger partial charge in [0, 0.05) is 5.92 Å². The van der Waals surface area contributed by atoms with Gasteiger partial charge in [0.15, 0.2) is 11.6 Å². The number of benzene rings is 1. The van der Waals surface area contributed by atoms with Crippen LogP contribution < -0.4 is 0 Å². The number of hydrogen-bond donors (Lipinski definition) is 2. The van der Waals surface area contributed by atoms with Gasteiger partial charge in [0.05, 0.1) is 6.61 Å². The van der Waals surface area contributed by atoms with Gasteiger partial charge in [-0.3, -0.25) is 9.69 Å². The summed E-state index contributed by atoms with van der Waals surface area (Å²) in [5.41, 5.74) is 0.263. The third-order valence-electron chi connectivity index (χ3n) is 3.31. The summed E-state index contributed by atoms with van der Waals surface area (Å²) in [5, 5.41) is 18.0. The second kappa shape index (κ2) is 7.98. The van der Waals surface area contributed by atoms with E-state index in [1.807, 2.05) is 0 Å². The molecule has 0 heterocycles. The third kappa shape index (κ3) is 4.97. The summed E-state index contributed by atoms with van der Waals surface area (Å²) in [5.74, 6) is -5.81. The highest BCUT2D eigenvalue weighted by atomic mass is 19.2. The van der Waals surface area contributed by atoms with E-state index in [0.29, 0.717) is 5.56 Å². The monoisotopic (exact) mass is 331 g/mol. The topological polar surface area (TPSA) is 87.1 Å². The van der Waals surface area contributed by atoms with Crippen molar-refractivity contribution >= 4 is 11.9 Å². The maximum Gasteiger partial charge on any atom is 0.329 e. The Kier molecular flexibility index (Phi) is 6.59. The molecule has 0 aromatic heterocycles. The molecule has 128 valence electrons. The minimum absolute atomic E-state index is 0.158. The van der Waals surface area contributed by atoms with Crippen LogP contribution in [0.5, 0.6) is 0 Å². The largest absolute Gasteiger partial charge is 0.480 e. The lowest BCUT2D eigenvalue weighted by Gasteiger charge is -2.29. The predicted molar refractivity (Wildman–Crippen MR) is 77.4 cm³/mol. The van der Waals surface area contributed by atoms with E-state index in [4.69, 9.17) is 9.84 Å². The molecule has 6 nitrogen and oxygen atoms in total. The number of aliphatic carboxylic acids is 2. The maximum atomic E-state index is 14.1. The Balaban J connectivity index is 3.27. The average molecular weight is 331 g/mol. The number of carbonyl (C=O) groups is 2. The lowest BCUT2D eigenvalue weighted by atomic mass is 9.89. The summed E-state index contributed by atoms with van der Waals surface area (Å²) in [6.07, 6.45) is 0. The molecule has 0 aliphatic rings. The Morgan fingerprint density at radius 2 is 1.87 bits per heavy atom. The van der Waals surface area contributed by atoms with Gasteiger partial charge in [0.2, 0.25) is 0 Å². The molecule has 0 fully saturated rings. The van der Waals surface area contributed by atoms with Crippen molar-refractivity contribution in [3.8, 4) is 0 Å². The molecule has 0 saturated carbocycles. The van der Waals surface area contributed by atoms with Crippen molar-refractivity contribution in [2.75, 3.05) is 27.3 Å². The van der Waals surface area contributed by atoms with Crippen molar-refractivity contribution < 1.29 is 33.3 Å². The fourth-order valence-corrected chi connectivity index (χ4v) is 2.40. The molecular formula is C15H19F2NO5. The third-order valence-corrected chi connectivity index (χ3v) is 3.31. The summed E-state index contributed by atoms with van der Waals surface area (Å²) in [7, 11) is 2.96. The number of rotatable bonds is 8. The molecule has 8 heteroatoms. The molecule has 2 atom stereocenters. The Morgan fingerprint density at radius 1 is 1.26 bits per heavy atom. The summed E-state index contributed by atoms with van der Waals surface area (Å²) in [6.45, 7) is 0.514. The van der Waals surface area contributed by atoms with Gasteiger partial charge in [-0.1, -0.05) is 6.07 Å². The van der Waals surface area contributed by atoms with Gasteiger partial charge in [-0.05, 0) is 38.2 Å². The number of nitrogens with zero attached hydrogens (tertiary/aromatic N) is 1. The van der Waals surface area contributed by atoms with Gasteiger partial charge in [0.1, 0.15) is 12.6 Å². The second-order valence-corrected chi connectivity index (χ2v) is 5.41. The molecule has 2 N–H and O–H groups in total. The van der Waals surface area contributed by atoms with Crippen LogP contribution in [0.1, 0.15) is 17.0 Å². The van der Waals surface area contributed by atoms with E-state index < -0.39 is 42.1 Å². The molecule has 0 spiro atoms. The minimum Gasteiger partial charge on any atom is -0.480 e. The molecule has 2 unspecified atom stereocenters. The van der Waals surface area contributed by atoms with Crippen molar-refractivity contribution in [1.82, 2.24) is 4.90 Å². The molecule has 1 aromatic rings. The van der Waals surface area contributed by atoms with Crippen LogP contribution in [0.4, 0.5) is 8.78 Å². The fraction of sp³-hybridized carbons (Fsp3) is 0.467. The first kappa shape index (κ1) is 19.0. The van der Waals surface area contributed by atoms with Crippen molar-refractivity contribution in [2.45, 2.75) is 18.9 Å². The fourth-order valence-electron chi connectivity index (χ4n) is 2.40. The second-order valence-electron chi connectivity index (χ2n) is 5.41. The minimum atomic E-state index is -1.25. The van der Waals surface area contributed by atoms with Crippen LogP contribution in [-0.4, -0.2) is 60.4 Å². The number of likely N-dealkylation sites (N-methyl/N-ethyl adjacent to an activating group) is 1. The highest BCUT2D eigenvalue weighted by Gasteiger charge is 2.34. The van der Waals surface area contributed by atoms with E-state index in [2.05, 4.69) is 0 Å². The summed E-state index contributed by atoms with van der Waals surface area (Å²) in [6, 6.07) is 1.13. The van der Waals surface area contributed by atoms with Crippen LogP contribution >= 0.6 is 0 Å². The predicted octanol–water partition coefficient (Wildman–Crippen LogP) is 1.47. The molecule has 1 aromatic carbocycles. The number of ether oxygens (including phenoxy) is 1. The zero-order chi connectivity index (χ0) is 17.7. The van der Waals surface area contributed by atoms with Crippen LogP contribution in [0.15, 0.2) is 12.1 Å². The van der Waals surface area contributed by atoms with Gasteiger partial charge in [-0.2, -0.15) is 0 Å². The van der Waals surface area contributed by atoms with Crippen molar-refractivity contribution in [2.24, 2.45) is 0 Å². The number of hydrogen-bond acceptors (Lipinski definition) is 4. The first-order valence-corrected chi connectivity index (χ1v) is 6.79. The molecule has 0 radical (unpaired) electrons. The molecule has 0 bridgehead atoms. The number of aryl methyl sites for hydroxylation is 1.